The number of imidazole rings is 1. The molecule has 17 heavy (non-hydrogen) atoms. The molecule has 0 aliphatic heterocycles. The van der Waals surface area contributed by atoms with E-state index >= 15 is 0 Å². The van der Waals surface area contributed by atoms with Crippen molar-refractivity contribution in [3.63, 3.8) is 0 Å². The third-order valence-electron chi connectivity index (χ3n) is 3.47. The molecule has 0 aliphatic carbocycles. The quantitative estimate of drug-likeness (QED) is 0.681. The van der Waals surface area contributed by atoms with Crippen LogP contribution < -0.4 is 0 Å². The molecule has 0 fully saturated rings. The average molecular weight is 236 g/mol. The van der Waals surface area contributed by atoms with Crippen LogP contribution in [-0.4, -0.2) is 9.55 Å². The normalized spacial score (nSPS) is 13.9. The van der Waals surface area contributed by atoms with E-state index in [1.54, 1.807) is 0 Å². The van der Waals surface area contributed by atoms with Crippen LogP contribution in [0.2, 0.25) is 0 Å². The Hall–Kier alpha value is -0.790. The summed E-state index contributed by atoms with van der Waals surface area (Å²) in [5.74, 6) is 0.901. The van der Waals surface area contributed by atoms with Crippen LogP contribution in [0.3, 0.4) is 0 Å². The van der Waals surface area contributed by atoms with Gasteiger partial charge in [-0.25, -0.2) is 4.98 Å². The van der Waals surface area contributed by atoms with Gasteiger partial charge in [0.05, 0.1) is 6.33 Å². The monoisotopic (exact) mass is 236 g/mol. The van der Waals surface area contributed by atoms with Crippen molar-refractivity contribution >= 4 is 0 Å². The Labute approximate surface area is 106 Å². The minimum absolute atomic E-state index is 0.484. The van der Waals surface area contributed by atoms with Gasteiger partial charge in [-0.15, -0.1) is 0 Å². The van der Waals surface area contributed by atoms with E-state index in [0.717, 1.165) is 12.5 Å². The van der Waals surface area contributed by atoms with Crippen LogP contribution >= 0.6 is 0 Å². The molecule has 0 aliphatic rings. The Balaban J connectivity index is 2.18. The zero-order valence-corrected chi connectivity index (χ0v) is 11.9. The fourth-order valence-electron chi connectivity index (χ4n) is 2.17. The lowest BCUT2D eigenvalue weighted by molar-refractivity contribution is 0.302. The highest BCUT2D eigenvalue weighted by Crippen LogP contribution is 2.27. The van der Waals surface area contributed by atoms with E-state index in [1.807, 2.05) is 12.5 Å². The second kappa shape index (κ2) is 6.83. The van der Waals surface area contributed by atoms with E-state index in [1.165, 1.54) is 32.1 Å². The van der Waals surface area contributed by atoms with Crippen molar-refractivity contribution in [2.75, 3.05) is 0 Å². The van der Waals surface area contributed by atoms with E-state index in [4.69, 9.17) is 0 Å². The molecule has 0 bridgehead atoms. The van der Waals surface area contributed by atoms with Crippen molar-refractivity contribution in [3.05, 3.63) is 18.7 Å². The molecule has 1 aromatic rings. The van der Waals surface area contributed by atoms with Gasteiger partial charge in [0, 0.05) is 18.9 Å². The van der Waals surface area contributed by atoms with Crippen molar-refractivity contribution in [2.45, 2.75) is 66.3 Å². The van der Waals surface area contributed by atoms with Gasteiger partial charge >= 0.3 is 0 Å². The summed E-state index contributed by atoms with van der Waals surface area (Å²) in [5, 5.41) is 0. The van der Waals surface area contributed by atoms with Gasteiger partial charge in [0.1, 0.15) is 0 Å². The molecule has 0 N–H and O–H groups in total. The third-order valence-corrected chi connectivity index (χ3v) is 3.47. The maximum atomic E-state index is 4.07. The molecule has 2 nitrogen and oxygen atoms in total. The second-order valence-corrected chi connectivity index (χ2v) is 6.32. The molecule has 0 spiro atoms. The molecule has 0 saturated heterocycles. The average Bonchev–Trinajstić information content (AvgIpc) is 2.74. The Morgan fingerprint density at radius 1 is 1.24 bits per heavy atom. The Morgan fingerprint density at radius 2 is 2.00 bits per heavy atom. The summed E-state index contributed by atoms with van der Waals surface area (Å²) in [4.78, 5) is 4.07. The predicted octanol–water partition coefficient (Wildman–Crippen LogP) is 4.52. The first kappa shape index (κ1) is 14.3. The Kier molecular flexibility index (Phi) is 5.73. The standard InChI is InChI=1S/C15H28N2/c1-5-14(8-9-15(2,3)4)7-6-11-17-12-10-16-13-17/h10,12-14H,5-9,11H2,1-4H3/t14-/m0/s1. The topological polar surface area (TPSA) is 17.8 Å². The summed E-state index contributed by atoms with van der Waals surface area (Å²) in [6.07, 6.45) is 12.5. The molecule has 1 rings (SSSR count). The molecular formula is C15H28N2. The fraction of sp³-hybridized carbons (Fsp3) is 0.800. The minimum atomic E-state index is 0.484. The van der Waals surface area contributed by atoms with Crippen LogP contribution in [0.15, 0.2) is 18.7 Å². The number of rotatable bonds is 7. The van der Waals surface area contributed by atoms with E-state index in [2.05, 4.69) is 43.4 Å². The van der Waals surface area contributed by atoms with Crippen molar-refractivity contribution in [1.82, 2.24) is 9.55 Å². The lowest BCUT2D eigenvalue weighted by Crippen LogP contribution is -2.09. The van der Waals surface area contributed by atoms with Crippen LogP contribution in [0.25, 0.3) is 0 Å². The molecule has 1 heterocycles. The van der Waals surface area contributed by atoms with Crippen LogP contribution in [0.1, 0.15) is 59.8 Å². The SMILES string of the molecule is CC[C@@H](CCCn1ccnc1)CCC(C)(C)C. The Bertz CT molecular complexity index is 282. The molecule has 1 aromatic heterocycles. The second-order valence-electron chi connectivity index (χ2n) is 6.32. The van der Waals surface area contributed by atoms with Crippen molar-refractivity contribution < 1.29 is 0 Å². The molecule has 0 radical (unpaired) electrons. The molecule has 98 valence electrons. The lowest BCUT2D eigenvalue weighted by atomic mass is 9.84. The van der Waals surface area contributed by atoms with E-state index in [9.17, 15) is 0 Å². The van der Waals surface area contributed by atoms with Gasteiger partial charge in [0.15, 0.2) is 0 Å². The molecule has 0 saturated carbocycles. The van der Waals surface area contributed by atoms with Crippen LogP contribution in [0.5, 0.6) is 0 Å². The molecule has 2 heteroatoms. The van der Waals surface area contributed by atoms with Crippen molar-refractivity contribution in [2.24, 2.45) is 11.3 Å². The van der Waals surface area contributed by atoms with Gasteiger partial charge in [0.2, 0.25) is 0 Å². The number of hydrogen-bond acceptors (Lipinski definition) is 1. The summed E-state index contributed by atoms with van der Waals surface area (Å²) >= 11 is 0. The van der Waals surface area contributed by atoms with Crippen LogP contribution in [0.4, 0.5) is 0 Å². The molecule has 0 amide bonds. The summed E-state index contributed by atoms with van der Waals surface area (Å²) in [6.45, 7) is 10.5. The van der Waals surface area contributed by atoms with Crippen LogP contribution in [-0.2, 0) is 6.54 Å². The maximum Gasteiger partial charge on any atom is 0.0945 e. The van der Waals surface area contributed by atoms with Gasteiger partial charge < -0.3 is 4.57 Å². The highest BCUT2D eigenvalue weighted by Gasteiger charge is 2.13. The number of hydrogen-bond donors (Lipinski definition) is 0. The highest BCUT2D eigenvalue weighted by atomic mass is 15.0. The zero-order valence-electron chi connectivity index (χ0n) is 11.9. The first-order valence-electron chi connectivity index (χ1n) is 6.97. The first-order valence-corrected chi connectivity index (χ1v) is 6.97. The largest absolute Gasteiger partial charge is 0.337 e. The van der Waals surface area contributed by atoms with E-state index in [0.29, 0.717) is 5.41 Å². The number of aryl methyl sites for hydroxylation is 1. The summed E-state index contributed by atoms with van der Waals surface area (Å²) < 4.78 is 2.18. The van der Waals surface area contributed by atoms with Gasteiger partial charge in [-0.2, -0.15) is 0 Å². The molecule has 1 atom stereocenters. The predicted molar refractivity (Wildman–Crippen MR) is 73.9 cm³/mol. The zero-order chi connectivity index (χ0) is 12.7. The molecular weight excluding hydrogens is 208 g/mol. The van der Waals surface area contributed by atoms with E-state index in [-0.39, 0.29) is 0 Å². The van der Waals surface area contributed by atoms with Gasteiger partial charge in [-0.05, 0) is 37.0 Å². The number of nitrogens with zero attached hydrogens (tertiary/aromatic N) is 2. The third kappa shape index (κ3) is 6.50. The summed E-state index contributed by atoms with van der Waals surface area (Å²) in [5.41, 5.74) is 0.484. The molecule has 0 unspecified atom stereocenters. The molecule has 0 aromatic carbocycles. The van der Waals surface area contributed by atoms with Crippen molar-refractivity contribution in [3.8, 4) is 0 Å². The Morgan fingerprint density at radius 3 is 2.53 bits per heavy atom. The van der Waals surface area contributed by atoms with Gasteiger partial charge in [0.25, 0.3) is 0 Å². The fourth-order valence-corrected chi connectivity index (χ4v) is 2.17. The maximum absolute atomic E-state index is 4.07. The number of aromatic nitrogens is 2. The smallest absolute Gasteiger partial charge is 0.0945 e. The summed E-state index contributed by atoms with van der Waals surface area (Å²) in [7, 11) is 0. The first-order chi connectivity index (χ1) is 8.01. The van der Waals surface area contributed by atoms with Crippen LogP contribution in [0, 0.1) is 11.3 Å². The summed E-state index contributed by atoms with van der Waals surface area (Å²) in [6, 6.07) is 0. The van der Waals surface area contributed by atoms with Gasteiger partial charge in [-0.1, -0.05) is 34.1 Å². The minimum Gasteiger partial charge on any atom is -0.337 e. The van der Waals surface area contributed by atoms with Gasteiger partial charge in [-0.3, -0.25) is 0 Å². The lowest BCUT2D eigenvalue weighted by Gasteiger charge is -2.22. The highest BCUT2D eigenvalue weighted by molar-refractivity contribution is 4.74. The van der Waals surface area contributed by atoms with Crippen molar-refractivity contribution in [1.29, 1.82) is 0 Å². The van der Waals surface area contributed by atoms with E-state index < -0.39 is 0 Å².